The molecule has 48 heavy (non-hydrogen) atoms. The van der Waals surface area contributed by atoms with Crippen LogP contribution in [-0.2, 0) is 34.6 Å². The molecule has 0 heterocycles. The van der Waals surface area contributed by atoms with E-state index in [2.05, 4.69) is 5.32 Å². The number of methoxy groups -OCH3 is 1. The third-order valence-corrected chi connectivity index (χ3v) is 6.91. The summed E-state index contributed by atoms with van der Waals surface area (Å²) in [5, 5.41) is 6.06. The Morgan fingerprint density at radius 3 is 1.96 bits per heavy atom. The first kappa shape index (κ1) is 39.9. The summed E-state index contributed by atoms with van der Waals surface area (Å²) in [5.41, 5.74) is -1.76. The Morgan fingerprint density at radius 2 is 1.46 bits per heavy atom. The molecule has 2 aromatic carbocycles. The van der Waals surface area contributed by atoms with Crippen molar-refractivity contribution in [1.82, 2.24) is 16.0 Å². The van der Waals surface area contributed by atoms with Crippen LogP contribution in [0.5, 0.6) is 5.75 Å². The van der Waals surface area contributed by atoms with Gasteiger partial charge in [-0.05, 0) is 62.9 Å². The second-order valence-electron chi connectivity index (χ2n) is 12.0. The summed E-state index contributed by atoms with van der Waals surface area (Å²) in [4.78, 5) is 64.5. The number of carbonyl (C=O) groups excluding carboxylic acids is 5. The largest absolute Gasteiger partial charge is 0.497 e. The Bertz CT molecular complexity index is 1480. The van der Waals surface area contributed by atoms with E-state index < -0.39 is 89.6 Å². The van der Waals surface area contributed by atoms with Gasteiger partial charge in [-0.3, -0.25) is 24.0 Å². The van der Waals surface area contributed by atoms with E-state index in [1.165, 1.54) is 57.4 Å². The number of amides is 3. The van der Waals surface area contributed by atoms with Crippen molar-refractivity contribution in [3.05, 3.63) is 64.7 Å². The van der Waals surface area contributed by atoms with E-state index in [1.807, 2.05) is 10.6 Å². The van der Waals surface area contributed by atoms with Gasteiger partial charge in [0, 0.05) is 17.0 Å². The highest BCUT2D eigenvalue weighted by Crippen LogP contribution is 2.30. The number of alkyl halides is 5. The first-order chi connectivity index (χ1) is 22.1. The number of hydrogen-bond acceptors (Lipinski definition) is 7. The number of esters is 1. The molecule has 0 aliphatic heterocycles. The van der Waals surface area contributed by atoms with Gasteiger partial charge in [0.1, 0.15) is 23.4 Å². The Kier molecular flexibility index (Phi) is 13.5. The van der Waals surface area contributed by atoms with E-state index in [1.54, 1.807) is 20.8 Å². The van der Waals surface area contributed by atoms with Gasteiger partial charge >= 0.3 is 18.1 Å². The van der Waals surface area contributed by atoms with E-state index in [0.717, 1.165) is 12.1 Å². The van der Waals surface area contributed by atoms with Crippen LogP contribution in [0.3, 0.4) is 0 Å². The van der Waals surface area contributed by atoms with Crippen LogP contribution in [0.2, 0.25) is 5.02 Å². The fraction of sp³-hybridized carbons (Fsp3) is 0.469. The Labute approximate surface area is 279 Å². The molecule has 0 aromatic heterocycles. The molecule has 0 aliphatic rings. The zero-order valence-electron chi connectivity index (χ0n) is 27.0. The lowest BCUT2D eigenvalue weighted by atomic mass is 9.97. The first-order valence-electron chi connectivity index (χ1n) is 14.6. The number of benzene rings is 2. The number of hydrogen-bond donors (Lipinski definition) is 3. The second-order valence-corrected chi connectivity index (χ2v) is 12.5. The Hall–Kier alpha value is -4.27. The van der Waals surface area contributed by atoms with Crippen LogP contribution in [0.25, 0.3) is 0 Å². The maximum absolute atomic E-state index is 15.2. The van der Waals surface area contributed by atoms with Crippen LogP contribution in [0.1, 0.15) is 64.6 Å². The summed E-state index contributed by atoms with van der Waals surface area (Å²) in [5.74, 6) is -12.5. The summed E-state index contributed by atoms with van der Waals surface area (Å²) in [6.45, 7) is 7.22. The van der Waals surface area contributed by atoms with E-state index >= 15 is 8.78 Å². The van der Waals surface area contributed by atoms with Gasteiger partial charge in [0.15, 0.2) is 0 Å². The number of ketones is 1. The van der Waals surface area contributed by atoms with Crippen molar-refractivity contribution >= 4 is 41.1 Å². The standard InChI is InChI=1S/C32H37ClF5N3O7/c1-17(2)24(26(43)32(36,37)38)40-28(45)25(18-10-12-21(47-6)13-11-18)41-27(44)22(14-15-23(42)48-30(3,4)5)39-29(46)31(34,35)19-8-7-9-20(33)16-19/h7-13,16-17,22,24-25H,14-15H2,1-6H3,(H,39,46)(H,40,45)(H,41,44)/t22-,24+,25+/m1/s1. The van der Waals surface area contributed by atoms with Crippen LogP contribution in [0.15, 0.2) is 48.5 Å². The van der Waals surface area contributed by atoms with Gasteiger partial charge in [0.25, 0.3) is 11.7 Å². The average Bonchev–Trinajstić information content (AvgIpc) is 2.98. The second kappa shape index (κ2) is 16.2. The predicted octanol–water partition coefficient (Wildman–Crippen LogP) is 5.18. The van der Waals surface area contributed by atoms with Crippen LogP contribution < -0.4 is 20.7 Å². The number of halogens is 6. The molecule has 0 radical (unpaired) electrons. The average molecular weight is 706 g/mol. The fourth-order valence-corrected chi connectivity index (χ4v) is 4.46. The predicted molar refractivity (Wildman–Crippen MR) is 164 cm³/mol. The molecular formula is C32H37ClF5N3O7. The summed E-state index contributed by atoms with van der Waals surface area (Å²) < 4.78 is 80.6. The highest BCUT2D eigenvalue weighted by molar-refractivity contribution is 6.30. The molecule has 3 atom stereocenters. The molecule has 0 fully saturated rings. The van der Waals surface area contributed by atoms with E-state index in [0.29, 0.717) is 5.75 Å². The van der Waals surface area contributed by atoms with Gasteiger partial charge in [-0.2, -0.15) is 22.0 Å². The van der Waals surface area contributed by atoms with Crippen molar-refractivity contribution in [2.45, 2.75) is 83.3 Å². The molecule has 10 nitrogen and oxygen atoms in total. The molecule has 0 bridgehead atoms. The lowest BCUT2D eigenvalue weighted by molar-refractivity contribution is -0.175. The Morgan fingerprint density at radius 1 is 0.854 bits per heavy atom. The van der Waals surface area contributed by atoms with Gasteiger partial charge in [0.05, 0.1) is 13.2 Å². The minimum Gasteiger partial charge on any atom is -0.497 e. The summed E-state index contributed by atoms with van der Waals surface area (Å²) in [6, 6.07) is 3.83. The molecule has 0 unspecified atom stereocenters. The molecule has 3 N–H and O–H groups in total. The number of rotatable bonds is 14. The van der Waals surface area contributed by atoms with Crippen LogP contribution in [-0.4, -0.2) is 60.4 Å². The molecule has 2 rings (SSSR count). The van der Waals surface area contributed by atoms with Crippen molar-refractivity contribution in [1.29, 1.82) is 0 Å². The van der Waals surface area contributed by atoms with Crippen molar-refractivity contribution in [2.75, 3.05) is 7.11 Å². The van der Waals surface area contributed by atoms with E-state index in [4.69, 9.17) is 21.1 Å². The third kappa shape index (κ3) is 11.5. The van der Waals surface area contributed by atoms with Crippen molar-refractivity contribution < 1.29 is 55.4 Å². The van der Waals surface area contributed by atoms with Gasteiger partial charge in [-0.1, -0.05) is 49.7 Å². The van der Waals surface area contributed by atoms with Gasteiger partial charge in [0.2, 0.25) is 11.8 Å². The topological polar surface area (TPSA) is 140 Å². The zero-order chi connectivity index (χ0) is 36.6. The molecule has 264 valence electrons. The maximum Gasteiger partial charge on any atom is 0.452 e. The number of Topliss-reactive ketones (excluding diaryl/α,β-unsaturated/α-hetero) is 1. The van der Waals surface area contributed by atoms with E-state index in [9.17, 15) is 37.1 Å². The minimum atomic E-state index is -5.30. The van der Waals surface area contributed by atoms with E-state index in [-0.39, 0.29) is 10.6 Å². The molecule has 0 saturated carbocycles. The lowest BCUT2D eigenvalue weighted by Gasteiger charge is -2.28. The lowest BCUT2D eigenvalue weighted by Crippen LogP contribution is -2.55. The van der Waals surface area contributed by atoms with Gasteiger partial charge in [-0.25, -0.2) is 0 Å². The molecular weight excluding hydrogens is 669 g/mol. The SMILES string of the molecule is COc1ccc([C@H](NC(=O)[C@@H](CCC(=O)OC(C)(C)C)NC(=O)C(F)(F)c2cccc(Cl)c2)C(=O)N[C@H](C(=O)C(F)(F)F)C(C)C)cc1. The highest BCUT2D eigenvalue weighted by Gasteiger charge is 2.46. The monoisotopic (exact) mass is 705 g/mol. The van der Waals surface area contributed by atoms with Crippen LogP contribution >= 0.6 is 11.6 Å². The molecule has 2 aromatic rings. The first-order valence-corrected chi connectivity index (χ1v) is 15.0. The van der Waals surface area contributed by atoms with Crippen LogP contribution in [0, 0.1) is 5.92 Å². The number of carbonyl (C=O) groups is 5. The summed E-state index contributed by atoms with van der Waals surface area (Å²) in [6.07, 6.45) is -6.43. The molecule has 3 amide bonds. The molecule has 0 aliphatic carbocycles. The summed E-state index contributed by atoms with van der Waals surface area (Å²) >= 11 is 5.80. The van der Waals surface area contributed by atoms with Gasteiger partial charge in [-0.15, -0.1) is 0 Å². The number of ether oxygens (including phenoxy) is 2. The fourth-order valence-electron chi connectivity index (χ4n) is 4.27. The molecule has 0 spiro atoms. The van der Waals surface area contributed by atoms with Crippen LogP contribution in [0.4, 0.5) is 22.0 Å². The maximum atomic E-state index is 15.2. The van der Waals surface area contributed by atoms with Gasteiger partial charge < -0.3 is 25.4 Å². The third-order valence-electron chi connectivity index (χ3n) is 6.68. The smallest absolute Gasteiger partial charge is 0.452 e. The zero-order valence-corrected chi connectivity index (χ0v) is 27.7. The number of nitrogens with one attached hydrogen (secondary N) is 3. The molecule has 0 saturated heterocycles. The molecule has 16 heteroatoms. The quantitative estimate of drug-likeness (QED) is 0.182. The van der Waals surface area contributed by atoms with Crippen molar-refractivity contribution in [2.24, 2.45) is 5.92 Å². The minimum absolute atomic E-state index is 0.00918. The normalized spacial score (nSPS) is 13.9. The highest BCUT2D eigenvalue weighted by atomic mass is 35.5. The van der Waals surface area contributed by atoms with Crippen molar-refractivity contribution in [3.8, 4) is 5.75 Å². The summed E-state index contributed by atoms with van der Waals surface area (Å²) in [7, 11) is 1.34. The van der Waals surface area contributed by atoms with Crippen molar-refractivity contribution in [3.63, 3.8) is 0 Å². The Balaban J connectivity index is 2.49.